The van der Waals surface area contributed by atoms with E-state index in [1.807, 2.05) is 26.8 Å². The van der Waals surface area contributed by atoms with Crippen LogP contribution in [0.1, 0.15) is 36.0 Å². The number of methoxy groups -OCH3 is 1. The first-order chi connectivity index (χ1) is 7.52. The van der Waals surface area contributed by atoms with Crippen LogP contribution >= 0.6 is 0 Å². The molecule has 0 aliphatic heterocycles. The lowest BCUT2D eigenvalue weighted by atomic mass is 9.91. The number of carbonyl (C=O) groups excluding carboxylic acids is 1. The molecule has 0 amide bonds. The minimum Gasteiger partial charge on any atom is -0.504 e. The van der Waals surface area contributed by atoms with Crippen molar-refractivity contribution in [1.82, 2.24) is 0 Å². The highest BCUT2D eigenvalue weighted by Gasteiger charge is 2.16. The molecule has 1 N–H and O–H groups in total. The van der Waals surface area contributed by atoms with E-state index in [-0.39, 0.29) is 11.7 Å². The van der Waals surface area contributed by atoms with E-state index in [1.54, 1.807) is 0 Å². The minimum atomic E-state index is 0.144. The first-order valence-corrected chi connectivity index (χ1v) is 5.33. The molecule has 0 fully saturated rings. The van der Waals surface area contributed by atoms with Crippen LogP contribution in [0.3, 0.4) is 0 Å². The van der Waals surface area contributed by atoms with Gasteiger partial charge in [-0.25, -0.2) is 0 Å². The topological polar surface area (TPSA) is 46.5 Å². The SMILES string of the molecule is COc1c(C)c(C(C)CC=O)cc(C)c1O. The quantitative estimate of drug-likeness (QED) is 0.797. The minimum absolute atomic E-state index is 0.144. The molecular formula is C13H18O3. The van der Waals surface area contributed by atoms with Gasteiger partial charge in [-0.2, -0.15) is 0 Å². The van der Waals surface area contributed by atoms with Crippen molar-refractivity contribution >= 4 is 6.29 Å². The van der Waals surface area contributed by atoms with Crippen LogP contribution in [0.15, 0.2) is 6.07 Å². The second-order valence-corrected chi connectivity index (χ2v) is 4.09. The Balaban J connectivity index is 3.30. The summed E-state index contributed by atoms with van der Waals surface area (Å²) >= 11 is 0. The molecule has 0 radical (unpaired) electrons. The summed E-state index contributed by atoms with van der Waals surface area (Å²) in [5, 5.41) is 9.82. The van der Waals surface area contributed by atoms with Gasteiger partial charge >= 0.3 is 0 Å². The van der Waals surface area contributed by atoms with Gasteiger partial charge in [0.2, 0.25) is 0 Å². The molecule has 0 saturated heterocycles. The van der Waals surface area contributed by atoms with Crippen LogP contribution in [0, 0.1) is 13.8 Å². The summed E-state index contributed by atoms with van der Waals surface area (Å²) in [5.41, 5.74) is 2.73. The van der Waals surface area contributed by atoms with Crippen molar-refractivity contribution in [3.8, 4) is 11.5 Å². The molecule has 0 heterocycles. The fourth-order valence-electron chi connectivity index (χ4n) is 1.93. The molecular weight excluding hydrogens is 204 g/mol. The maximum atomic E-state index is 10.5. The van der Waals surface area contributed by atoms with E-state index in [0.717, 1.165) is 23.0 Å². The molecule has 0 aliphatic carbocycles. The maximum Gasteiger partial charge on any atom is 0.163 e. The van der Waals surface area contributed by atoms with Crippen molar-refractivity contribution in [2.45, 2.75) is 33.1 Å². The number of phenolic OH excluding ortho intramolecular Hbond substituents is 1. The Hall–Kier alpha value is -1.51. The highest BCUT2D eigenvalue weighted by atomic mass is 16.5. The van der Waals surface area contributed by atoms with Gasteiger partial charge in [0.25, 0.3) is 0 Å². The predicted octanol–water partition coefficient (Wildman–Crippen LogP) is 2.71. The summed E-state index contributed by atoms with van der Waals surface area (Å²) in [5.74, 6) is 0.834. The number of aryl methyl sites for hydroxylation is 1. The Morgan fingerprint density at radius 3 is 2.62 bits per heavy atom. The van der Waals surface area contributed by atoms with Crippen LogP contribution in [0.25, 0.3) is 0 Å². The Morgan fingerprint density at radius 2 is 2.12 bits per heavy atom. The molecule has 3 heteroatoms. The Labute approximate surface area is 96.1 Å². The zero-order valence-electron chi connectivity index (χ0n) is 10.2. The summed E-state index contributed by atoms with van der Waals surface area (Å²) in [4.78, 5) is 10.5. The molecule has 1 aromatic rings. The highest BCUT2D eigenvalue weighted by Crippen LogP contribution is 2.38. The van der Waals surface area contributed by atoms with Gasteiger partial charge in [0.1, 0.15) is 6.29 Å². The van der Waals surface area contributed by atoms with E-state index < -0.39 is 0 Å². The van der Waals surface area contributed by atoms with Crippen molar-refractivity contribution in [1.29, 1.82) is 0 Å². The molecule has 0 spiro atoms. The van der Waals surface area contributed by atoms with Crippen molar-refractivity contribution < 1.29 is 14.6 Å². The standard InChI is InChI=1S/C13H18O3/c1-8(5-6-14)11-7-9(2)12(15)13(16-4)10(11)3/h6-8,15H,5H2,1-4H3. The summed E-state index contributed by atoms with van der Waals surface area (Å²) < 4.78 is 5.19. The lowest BCUT2D eigenvalue weighted by Crippen LogP contribution is -2.01. The normalized spacial score (nSPS) is 12.2. The van der Waals surface area contributed by atoms with Crippen molar-refractivity contribution in [3.63, 3.8) is 0 Å². The molecule has 1 aromatic carbocycles. The van der Waals surface area contributed by atoms with Gasteiger partial charge in [-0.15, -0.1) is 0 Å². The van der Waals surface area contributed by atoms with Crippen LogP contribution in [-0.4, -0.2) is 18.5 Å². The number of phenols is 1. The third kappa shape index (κ3) is 2.18. The molecule has 3 nitrogen and oxygen atoms in total. The van der Waals surface area contributed by atoms with Gasteiger partial charge in [0, 0.05) is 6.42 Å². The highest BCUT2D eigenvalue weighted by molar-refractivity contribution is 5.57. The van der Waals surface area contributed by atoms with Crippen molar-refractivity contribution in [3.05, 3.63) is 22.8 Å². The second-order valence-electron chi connectivity index (χ2n) is 4.09. The van der Waals surface area contributed by atoms with Gasteiger partial charge in [0.15, 0.2) is 11.5 Å². The van der Waals surface area contributed by atoms with Crippen LogP contribution in [0.4, 0.5) is 0 Å². The van der Waals surface area contributed by atoms with Crippen LogP contribution < -0.4 is 4.74 Å². The molecule has 1 unspecified atom stereocenters. The van der Waals surface area contributed by atoms with Gasteiger partial charge in [0.05, 0.1) is 7.11 Å². The first kappa shape index (κ1) is 12.6. The van der Waals surface area contributed by atoms with E-state index >= 15 is 0 Å². The molecule has 0 bridgehead atoms. The lowest BCUT2D eigenvalue weighted by Gasteiger charge is -2.17. The van der Waals surface area contributed by atoms with E-state index in [0.29, 0.717) is 12.2 Å². The van der Waals surface area contributed by atoms with E-state index in [1.165, 1.54) is 7.11 Å². The van der Waals surface area contributed by atoms with Crippen molar-refractivity contribution in [2.24, 2.45) is 0 Å². The van der Waals surface area contributed by atoms with Gasteiger partial charge in [-0.1, -0.05) is 13.0 Å². The molecule has 0 saturated carbocycles. The largest absolute Gasteiger partial charge is 0.504 e. The van der Waals surface area contributed by atoms with Gasteiger partial charge < -0.3 is 14.6 Å². The van der Waals surface area contributed by atoms with Crippen LogP contribution in [0.2, 0.25) is 0 Å². The molecule has 1 atom stereocenters. The number of rotatable bonds is 4. The molecule has 0 aliphatic rings. The average Bonchev–Trinajstić information content (AvgIpc) is 2.24. The smallest absolute Gasteiger partial charge is 0.163 e. The van der Waals surface area contributed by atoms with Gasteiger partial charge in [-0.3, -0.25) is 0 Å². The van der Waals surface area contributed by atoms with Crippen molar-refractivity contribution in [2.75, 3.05) is 7.11 Å². The second kappa shape index (κ2) is 5.01. The molecule has 0 aromatic heterocycles. The monoisotopic (exact) mass is 222 g/mol. The number of aromatic hydroxyl groups is 1. The summed E-state index contributed by atoms with van der Waals surface area (Å²) in [6, 6.07) is 1.92. The third-order valence-electron chi connectivity index (χ3n) is 2.92. The maximum absolute atomic E-state index is 10.5. The fourth-order valence-corrected chi connectivity index (χ4v) is 1.93. The lowest BCUT2D eigenvalue weighted by molar-refractivity contribution is -0.108. The number of benzene rings is 1. The number of carbonyl (C=O) groups is 1. The molecule has 16 heavy (non-hydrogen) atoms. The Morgan fingerprint density at radius 1 is 1.50 bits per heavy atom. The summed E-state index contributed by atoms with van der Waals surface area (Å²) in [6.07, 6.45) is 1.40. The summed E-state index contributed by atoms with van der Waals surface area (Å²) in [6.45, 7) is 5.72. The average molecular weight is 222 g/mol. The zero-order valence-corrected chi connectivity index (χ0v) is 10.2. The number of aldehydes is 1. The molecule has 88 valence electrons. The van der Waals surface area contributed by atoms with Gasteiger partial charge in [-0.05, 0) is 36.5 Å². The first-order valence-electron chi connectivity index (χ1n) is 5.33. The molecule has 1 rings (SSSR count). The predicted molar refractivity (Wildman–Crippen MR) is 63.2 cm³/mol. The Kier molecular flexibility index (Phi) is 3.93. The van der Waals surface area contributed by atoms with E-state index in [4.69, 9.17) is 4.74 Å². The third-order valence-corrected chi connectivity index (χ3v) is 2.92. The number of hydrogen-bond acceptors (Lipinski definition) is 3. The summed E-state index contributed by atoms with van der Waals surface area (Å²) in [7, 11) is 1.54. The van der Waals surface area contributed by atoms with Crippen LogP contribution in [-0.2, 0) is 4.79 Å². The fraction of sp³-hybridized carbons (Fsp3) is 0.462. The van der Waals surface area contributed by atoms with Crippen LogP contribution in [0.5, 0.6) is 11.5 Å². The van der Waals surface area contributed by atoms with E-state index in [2.05, 4.69) is 0 Å². The Bertz CT molecular complexity index is 397. The number of hydrogen-bond donors (Lipinski definition) is 1. The zero-order chi connectivity index (χ0) is 12.3. The number of ether oxygens (including phenoxy) is 1. The van der Waals surface area contributed by atoms with E-state index in [9.17, 15) is 9.90 Å².